The summed E-state index contributed by atoms with van der Waals surface area (Å²) < 4.78 is 35.3. The van der Waals surface area contributed by atoms with Crippen LogP contribution in [-0.2, 0) is 14.3 Å². The minimum atomic E-state index is -3.12. The smallest absolute Gasteiger partial charge is 0.410 e. The van der Waals surface area contributed by atoms with Crippen molar-refractivity contribution in [1.29, 1.82) is 0 Å². The number of benzene rings is 1. The number of hydrogen-bond donors (Lipinski definition) is 1. The lowest BCUT2D eigenvalue weighted by atomic mass is 9.86. The monoisotopic (exact) mass is 437 g/mol. The number of nitrogens with one attached hydrogen (secondary N) is 1. The van der Waals surface area contributed by atoms with Gasteiger partial charge in [-0.1, -0.05) is 12.1 Å². The molecule has 3 amide bonds. The molecule has 9 heteroatoms. The highest BCUT2D eigenvalue weighted by Crippen LogP contribution is 2.41. The second kappa shape index (κ2) is 8.43. The Morgan fingerprint density at radius 2 is 1.97 bits per heavy atom. The van der Waals surface area contributed by atoms with Gasteiger partial charge in [-0.15, -0.1) is 0 Å². The maximum atomic E-state index is 15.0. The van der Waals surface area contributed by atoms with Gasteiger partial charge in [-0.25, -0.2) is 13.6 Å². The molecule has 2 aliphatic rings. The first-order chi connectivity index (χ1) is 14.4. The molecule has 0 aromatic heterocycles. The molecular weight excluding hydrogens is 408 g/mol. The van der Waals surface area contributed by atoms with E-state index in [9.17, 15) is 14.4 Å². The minimum Gasteiger partial charge on any atom is -0.444 e. The second-order valence-corrected chi connectivity index (χ2v) is 9.18. The molecule has 1 N–H and O–H groups in total. The maximum absolute atomic E-state index is 15.0. The summed E-state index contributed by atoms with van der Waals surface area (Å²) in [6, 6.07) is 6.20. The van der Waals surface area contributed by atoms with Crippen LogP contribution in [0, 0.1) is 0 Å². The van der Waals surface area contributed by atoms with Gasteiger partial charge in [0.2, 0.25) is 11.8 Å². The van der Waals surface area contributed by atoms with Crippen LogP contribution in [0.1, 0.15) is 51.5 Å². The van der Waals surface area contributed by atoms with E-state index in [1.165, 1.54) is 0 Å². The Bertz CT molecular complexity index is 869. The molecular formula is C22H29F2N3O4. The van der Waals surface area contributed by atoms with Gasteiger partial charge in [-0.3, -0.25) is 14.9 Å². The Labute approximate surface area is 180 Å². The number of amides is 3. The van der Waals surface area contributed by atoms with Crippen LogP contribution in [0.15, 0.2) is 24.3 Å². The van der Waals surface area contributed by atoms with Gasteiger partial charge in [-0.2, -0.15) is 0 Å². The Balaban J connectivity index is 1.74. The zero-order chi connectivity index (χ0) is 23.0. The van der Waals surface area contributed by atoms with E-state index in [0.717, 1.165) is 4.90 Å². The lowest BCUT2D eigenvalue weighted by Gasteiger charge is -2.39. The van der Waals surface area contributed by atoms with Gasteiger partial charge >= 0.3 is 6.09 Å². The van der Waals surface area contributed by atoms with Gasteiger partial charge in [0.15, 0.2) is 0 Å². The molecule has 0 radical (unpaired) electrons. The van der Waals surface area contributed by atoms with Crippen molar-refractivity contribution in [2.24, 2.45) is 0 Å². The number of likely N-dealkylation sites (N-methyl/N-ethyl adjacent to an activating group) is 1. The summed E-state index contributed by atoms with van der Waals surface area (Å²) in [7, 11) is 1.71. The van der Waals surface area contributed by atoms with E-state index in [2.05, 4.69) is 5.32 Å². The lowest BCUT2D eigenvalue weighted by Crippen LogP contribution is -2.51. The van der Waals surface area contributed by atoms with Crippen molar-refractivity contribution in [3.63, 3.8) is 0 Å². The van der Waals surface area contributed by atoms with Crippen LogP contribution in [-0.4, -0.2) is 60.5 Å². The molecule has 2 aliphatic heterocycles. The lowest BCUT2D eigenvalue weighted by molar-refractivity contribution is -0.134. The van der Waals surface area contributed by atoms with E-state index >= 15 is 8.78 Å². The Morgan fingerprint density at radius 3 is 2.58 bits per heavy atom. The Hall–Kier alpha value is -2.71. The fraction of sp³-hybridized carbons (Fsp3) is 0.591. The highest BCUT2D eigenvalue weighted by Gasteiger charge is 2.47. The first-order valence-corrected chi connectivity index (χ1v) is 10.4. The zero-order valence-electron chi connectivity index (χ0n) is 18.3. The fourth-order valence-electron chi connectivity index (χ4n) is 4.03. The number of hydrogen-bond acceptors (Lipinski definition) is 5. The molecule has 0 aliphatic carbocycles. The summed E-state index contributed by atoms with van der Waals surface area (Å²) >= 11 is 0. The van der Waals surface area contributed by atoms with Gasteiger partial charge in [0.1, 0.15) is 11.6 Å². The fourth-order valence-corrected chi connectivity index (χ4v) is 4.03. The zero-order valence-corrected chi connectivity index (χ0v) is 18.3. The first-order valence-electron chi connectivity index (χ1n) is 10.4. The van der Waals surface area contributed by atoms with Crippen molar-refractivity contribution in [3.8, 4) is 0 Å². The standard InChI is InChI=1S/C22H29F2N3O4/c1-21(2,3)31-20(30)27-11-10-16(22(23,24)13-27)14-6-5-7-15(12-14)26(4)17-8-9-18(28)25-19(17)29/h5-7,12,16-17H,8-11,13H2,1-4H3,(H,25,28,29)/t16-,17+/m1/s1. The molecule has 0 bridgehead atoms. The molecule has 2 fully saturated rings. The predicted molar refractivity (Wildman–Crippen MR) is 111 cm³/mol. The highest BCUT2D eigenvalue weighted by molar-refractivity contribution is 6.01. The van der Waals surface area contributed by atoms with E-state index in [4.69, 9.17) is 4.74 Å². The molecule has 7 nitrogen and oxygen atoms in total. The van der Waals surface area contributed by atoms with Crippen LogP contribution >= 0.6 is 0 Å². The first kappa shape index (κ1) is 23.0. The number of piperidine rings is 2. The quantitative estimate of drug-likeness (QED) is 0.735. The molecule has 1 aromatic rings. The SMILES string of the molecule is CN(c1cccc([C@H]2CCN(C(=O)OC(C)(C)C)CC2(F)F)c1)[C@H]1CCC(=O)NC1=O. The Morgan fingerprint density at radius 1 is 1.26 bits per heavy atom. The van der Waals surface area contributed by atoms with Crippen molar-refractivity contribution in [2.75, 3.05) is 25.0 Å². The number of alkyl halides is 2. The molecule has 170 valence electrons. The second-order valence-electron chi connectivity index (χ2n) is 9.18. The van der Waals surface area contributed by atoms with E-state index in [0.29, 0.717) is 17.7 Å². The largest absolute Gasteiger partial charge is 0.444 e. The number of anilines is 1. The molecule has 0 saturated carbocycles. The van der Waals surface area contributed by atoms with Crippen LogP contribution in [0.3, 0.4) is 0 Å². The number of rotatable bonds is 3. The van der Waals surface area contributed by atoms with Crippen LogP contribution < -0.4 is 10.2 Å². The van der Waals surface area contributed by atoms with Crippen molar-refractivity contribution in [2.45, 2.75) is 63.5 Å². The normalized spacial score (nSPS) is 23.9. The van der Waals surface area contributed by atoms with Crippen LogP contribution in [0.2, 0.25) is 0 Å². The number of carbonyl (C=O) groups excluding carboxylic acids is 3. The summed E-state index contributed by atoms with van der Waals surface area (Å²) in [5.74, 6) is -4.87. The molecule has 0 spiro atoms. The molecule has 31 heavy (non-hydrogen) atoms. The summed E-state index contributed by atoms with van der Waals surface area (Å²) in [5, 5.41) is 2.31. The highest BCUT2D eigenvalue weighted by atomic mass is 19.3. The third-order valence-electron chi connectivity index (χ3n) is 5.61. The van der Waals surface area contributed by atoms with E-state index < -0.39 is 36.1 Å². The third kappa shape index (κ3) is 5.32. The molecule has 2 heterocycles. The topological polar surface area (TPSA) is 79.0 Å². The third-order valence-corrected chi connectivity index (χ3v) is 5.61. The molecule has 2 atom stereocenters. The number of halogens is 2. The van der Waals surface area contributed by atoms with Gasteiger partial charge in [-0.05, 0) is 51.3 Å². The Kier molecular flexibility index (Phi) is 6.25. The van der Waals surface area contributed by atoms with Gasteiger partial charge < -0.3 is 14.5 Å². The number of carbonyl (C=O) groups is 3. The van der Waals surface area contributed by atoms with Crippen molar-refractivity contribution in [1.82, 2.24) is 10.2 Å². The number of imide groups is 1. The van der Waals surface area contributed by atoms with E-state index in [1.54, 1.807) is 57.0 Å². The van der Waals surface area contributed by atoms with Crippen molar-refractivity contribution in [3.05, 3.63) is 29.8 Å². The van der Waals surface area contributed by atoms with Crippen LogP contribution in [0.4, 0.5) is 19.3 Å². The summed E-state index contributed by atoms with van der Waals surface area (Å²) in [6.07, 6.45) is -0.0353. The van der Waals surface area contributed by atoms with E-state index in [-0.39, 0.29) is 31.2 Å². The summed E-state index contributed by atoms with van der Waals surface area (Å²) in [5.41, 5.74) is 0.320. The maximum Gasteiger partial charge on any atom is 0.410 e. The van der Waals surface area contributed by atoms with Gasteiger partial charge in [0.05, 0.1) is 12.5 Å². The molecule has 1 aromatic carbocycles. The summed E-state index contributed by atoms with van der Waals surface area (Å²) in [4.78, 5) is 38.5. The van der Waals surface area contributed by atoms with Crippen molar-refractivity contribution < 1.29 is 27.9 Å². The average molecular weight is 437 g/mol. The van der Waals surface area contributed by atoms with Crippen molar-refractivity contribution >= 4 is 23.6 Å². The van der Waals surface area contributed by atoms with E-state index in [1.807, 2.05) is 0 Å². The number of ether oxygens (including phenoxy) is 1. The summed E-state index contributed by atoms with van der Waals surface area (Å²) in [6.45, 7) is 4.54. The molecule has 3 rings (SSSR count). The van der Waals surface area contributed by atoms with Gasteiger partial charge in [0, 0.05) is 25.7 Å². The number of likely N-dealkylation sites (tertiary alicyclic amines) is 1. The average Bonchev–Trinajstić information content (AvgIpc) is 2.65. The van der Waals surface area contributed by atoms with Crippen LogP contribution in [0.5, 0.6) is 0 Å². The molecule has 2 saturated heterocycles. The minimum absolute atomic E-state index is 0.0951. The van der Waals surface area contributed by atoms with Crippen LogP contribution in [0.25, 0.3) is 0 Å². The molecule has 0 unspecified atom stereocenters. The number of nitrogens with zero attached hydrogens (tertiary/aromatic N) is 2. The van der Waals surface area contributed by atoms with Gasteiger partial charge in [0.25, 0.3) is 5.92 Å². The predicted octanol–water partition coefficient (Wildman–Crippen LogP) is 3.29.